The molecule has 2 aliphatic heterocycles. The topological polar surface area (TPSA) is 56.8 Å². The van der Waals surface area contributed by atoms with E-state index in [0.717, 1.165) is 6.07 Å². The van der Waals surface area contributed by atoms with Crippen molar-refractivity contribution in [3.63, 3.8) is 0 Å². The molecule has 2 aliphatic rings. The van der Waals surface area contributed by atoms with Crippen molar-refractivity contribution in [2.45, 2.75) is 64.8 Å². The van der Waals surface area contributed by atoms with Gasteiger partial charge in [0, 0.05) is 17.4 Å². The van der Waals surface area contributed by atoms with Crippen LogP contribution in [0.2, 0.25) is 5.02 Å². The molecule has 0 aromatic heterocycles. The van der Waals surface area contributed by atoms with Crippen LogP contribution in [-0.4, -0.2) is 29.8 Å². The van der Waals surface area contributed by atoms with Crippen LogP contribution in [0, 0.1) is 11.6 Å². The van der Waals surface area contributed by atoms with E-state index in [-0.39, 0.29) is 27.5 Å². The molecule has 0 bridgehead atoms. The zero-order valence-corrected chi connectivity index (χ0v) is 19.6. The number of para-hydroxylation sites is 1. The zero-order chi connectivity index (χ0) is 23.6. The van der Waals surface area contributed by atoms with E-state index in [2.05, 4.69) is 5.32 Å². The van der Waals surface area contributed by atoms with Gasteiger partial charge in [0.25, 0.3) is 5.91 Å². The Morgan fingerprint density at radius 2 is 1.69 bits per heavy atom. The van der Waals surface area contributed by atoms with Crippen LogP contribution in [0.3, 0.4) is 0 Å². The summed E-state index contributed by atoms with van der Waals surface area (Å²) in [6.07, 6.45) is 0.347. The van der Waals surface area contributed by atoms with Gasteiger partial charge >= 0.3 is 7.12 Å². The summed E-state index contributed by atoms with van der Waals surface area (Å²) in [6.45, 7) is 11.2. The van der Waals surface area contributed by atoms with Gasteiger partial charge in [-0.3, -0.25) is 4.79 Å². The van der Waals surface area contributed by atoms with Crippen LogP contribution < -0.4 is 15.5 Å². The summed E-state index contributed by atoms with van der Waals surface area (Å²) in [5.41, 5.74) is -1.53. The van der Waals surface area contributed by atoms with Gasteiger partial charge in [0.15, 0.2) is 0 Å². The highest BCUT2D eigenvalue weighted by molar-refractivity contribution is 6.63. The molecule has 0 saturated carbocycles. The number of carbonyl (C=O) groups excluding carboxylic acids is 1. The minimum atomic E-state index is -0.954. The number of carbonyl (C=O) groups is 1. The van der Waals surface area contributed by atoms with Crippen molar-refractivity contribution in [2.24, 2.45) is 0 Å². The standard InChI is InChI=1S/C23H25BClF2NO4/c1-21(2)11-13-17(24-31-22(3,4)23(5,6)32-24)16(27)10-12(19(13)30-21)20(29)28-18-14(25)8-7-9-15(18)26/h7-10H,11H2,1-6H3,(H,28,29). The van der Waals surface area contributed by atoms with Gasteiger partial charge < -0.3 is 19.4 Å². The number of hydrogen-bond acceptors (Lipinski definition) is 4. The molecule has 0 radical (unpaired) electrons. The first-order valence-corrected chi connectivity index (χ1v) is 10.8. The van der Waals surface area contributed by atoms with Gasteiger partial charge in [-0.25, -0.2) is 8.78 Å². The molecule has 0 atom stereocenters. The number of rotatable bonds is 3. The van der Waals surface area contributed by atoms with Crippen LogP contribution in [0.25, 0.3) is 0 Å². The molecule has 0 unspecified atom stereocenters. The van der Waals surface area contributed by atoms with Gasteiger partial charge in [-0.2, -0.15) is 0 Å². The van der Waals surface area contributed by atoms with Crippen molar-refractivity contribution in [3.05, 3.63) is 52.0 Å². The minimum absolute atomic E-state index is 0.0329. The molecule has 1 fully saturated rings. The summed E-state index contributed by atoms with van der Waals surface area (Å²) in [6, 6.07) is 5.13. The van der Waals surface area contributed by atoms with Crippen LogP contribution in [0.4, 0.5) is 14.5 Å². The zero-order valence-electron chi connectivity index (χ0n) is 18.9. The molecule has 0 spiro atoms. The molecule has 5 nitrogen and oxygen atoms in total. The van der Waals surface area contributed by atoms with Crippen molar-refractivity contribution in [1.82, 2.24) is 0 Å². The number of anilines is 1. The first kappa shape index (κ1) is 23.0. The Kier molecular flexibility index (Phi) is 5.35. The fraction of sp³-hybridized carbons (Fsp3) is 0.435. The molecule has 32 heavy (non-hydrogen) atoms. The highest BCUT2D eigenvalue weighted by Gasteiger charge is 2.54. The fourth-order valence-electron chi connectivity index (χ4n) is 3.91. The molecular formula is C23H25BClF2NO4. The molecule has 1 N–H and O–H groups in total. The first-order valence-electron chi connectivity index (χ1n) is 10.4. The van der Waals surface area contributed by atoms with Gasteiger partial charge in [0.05, 0.1) is 27.5 Å². The number of halogens is 3. The van der Waals surface area contributed by atoms with E-state index >= 15 is 4.39 Å². The average molecular weight is 464 g/mol. The van der Waals surface area contributed by atoms with Gasteiger partial charge in [-0.15, -0.1) is 0 Å². The average Bonchev–Trinajstić information content (AvgIpc) is 3.08. The molecule has 2 aromatic carbocycles. The summed E-state index contributed by atoms with van der Waals surface area (Å²) < 4.78 is 47.8. The Morgan fingerprint density at radius 1 is 1.06 bits per heavy atom. The van der Waals surface area contributed by atoms with E-state index in [1.165, 1.54) is 18.2 Å². The van der Waals surface area contributed by atoms with E-state index in [1.807, 2.05) is 41.5 Å². The fourth-order valence-corrected chi connectivity index (χ4v) is 4.12. The minimum Gasteiger partial charge on any atom is -0.486 e. The number of amides is 1. The molecule has 9 heteroatoms. The second-order valence-electron chi connectivity index (χ2n) is 9.80. The van der Waals surface area contributed by atoms with Crippen LogP contribution in [0.5, 0.6) is 5.75 Å². The summed E-state index contributed by atoms with van der Waals surface area (Å²) in [5.74, 6) is -1.86. The number of benzene rings is 2. The van der Waals surface area contributed by atoms with Crippen molar-refractivity contribution in [3.8, 4) is 5.75 Å². The number of nitrogens with one attached hydrogen (secondary N) is 1. The molecule has 1 amide bonds. The van der Waals surface area contributed by atoms with Crippen LogP contribution >= 0.6 is 11.6 Å². The van der Waals surface area contributed by atoms with Gasteiger partial charge in [0.1, 0.15) is 23.0 Å². The van der Waals surface area contributed by atoms with Crippen molar-refractivity contribution >= 4 is 35.8 Å². The third-order valence-corrected chi connectivity index (χ3v) is 6.60. The largest absolute Gasteiger partial charge is 0.498 e. The Hall–Kier alpha value is -2.16. The van der Waals surface area contributed by atoms with Crippen molar-refractivity contribution in [2.75, 3.05) is 5.32 Å². The van der Waals surface area contributed by atoms with E-state index in [0.29, 0.717) is 12.0 Å². The number of fused-ring (bicyclic) bond motifs is 1. The molecule has 2 heterocycles. The molecular weight excluding hydrogens is 439 g/mol. The van der Waals surface area contributed by atoms with E-state index < -0.39 is 41.5 Å². The van der Waals surface area contributed by atoms with Gasteiger partial charge in [-0.05, 0) is 59.7 Å². The molecule has 4 rings (SSSR count). The maximum absolute atomic E-state index is 15.5. The van der Waals surface area contributed by atoms with Crippen LogP contribution in [0.1, 0.15) is 57.5 Å². The summed E-state index contributed by atoms with van der Waals surface area (Å²) in [7, 11) is -0.954. The van der Waals surface area contributed by atoms with Crippen molar-refractivity contribution in [1.29, 1.82) is 0 Å². The molecule has 0 aliphatic carbocycles. The second-order valence-corrected chi connectivity index (χ2v) is 10.2. The maximum atomic E-state index is 15.5. The van der Waals surface area contributed by atoms with E-state index in [4.69, 9.17) is 25.6 Å². The molecule has 170 valence electrons. The quantitative estimate of drug-likeness (QED) is 0.659. The van der Waals surface area contributed by atoms with Crippen LogP contribution in [-0.2, 0) is 15.7 Å². The normalized spacial score (nSPS) is 20.1. The summed E-state index contributed by atoms with van der Waals surface area (Å²) in [5, 5.41) is 2.47. The lowest BCUT2D eigenvalue weighted by molar-refractivity contribution is 0.00578. The first-order chi connectivity index (χ1) is 14.7. The SMILES string of the molecule is CC1(C)Cc2c(c(C(=O)Nc3c(F)cccc3Cl)cc(F)c2B2OC(C)(C)C(C)(C)O2)O1. The summed E-state index contributed by atoms with van der Waals surface area (Å²) in [4.78, 5) is 13.0. The van der Waals surface area contributed by atoms with E-state index in [9.17, 15) is 9.18 Å². The van der Waals surface area contributed by atoms with Crippen LogP contribution in [0.15, 0.2) is 24.3 Å². The predicted octanol–water partition coefficient (Wildman–Crippen LogP) is 4.88. The Bertz CT molecular complexity index is 1080. The van der Waals surface area contributed by atoms with Gasteiger partial charge in [-0.1, -0.05) is 17.7 Å². The smallest absolute Gasteiger partial charge is 0.486 e. The Labute approximate surface area is 191 Å². The van der Waals surface area contributed by atoms with Gasteiger partial charge in [0.2, 0.25) is 0 Å². The number of hydrogen-bond donors (Lipinski definition) is 1. The highest BCUT2D eigenvalue weighted by Crippen LogP contribution is 2.42. The Morgan fingerprint density at radius 3 is 2.28 bits per heavy atom. The number of ether oxygens (including phenoxy) is 1. The predicted molar refractivity (Wildman–Crippen MR) is 120 cm³/mol. The summed E-state index contributed by atoms with van der Waals surface area (Å²) >= 11 is 6.03. The lowest BCUT2D eigenvalue weighted by atomic mass is 9.73. The third kappa shape index (κ3) is 3.78. The maximum Gasteiger partial charge on any atom is 0.498 e. The molecule has 2 aromatic rings. The lowest BCUT2D eigenvalue weighted by Gasteiger charge is -2.32. The second kappa shape index (κ2) is 7.44. The lowest BCUT2D eigenvalue weighted by Crippen LogP contribution is -2.41. The van der Waals surface area contributed by atoms with Crippen molar-refractivity contribution < 1.29 is 27.6 Å². The Balaban J connectivity index is 1.78. The monoisotopic (exact) mass is 463 g/mol. The van der Waals surface area contributed by atoms with E-state index in [1.54, 1.807) is 0 Å². The third-order valence-electron chi connectivity index (χ3n) is 6.29. The highest BCUT2D eigenvalue weighted by atomic mass is 35.5. The molecule has 1 saturated heterocycles.